The summed E-state index contributed by atoms with van der Waals surface area (Å²) >= 11 is 0. The molecule has 3 rings (SSSR count). The number of benzene rings is 2. The Kier molecular flexibility index (Phi) is 4.19. The predicted octanol–water partition coefficient (Wildman–Crippen LogP) is 3.68. The molecule has 1 aromatic heterocycles. The quantitative estimate of drug-likeness (QED) is 0.691. The van der Waals surface area contributed by atoms with E-state index in [0.717, 1.165) is 5.69 Å². The molecule has 4 nitrogen and oxygen atoms in total. The number of halogens is 1. The first-order valence-electron chi connectivity index (χ1n) is 7.17. The van der Waals surface area contributed by atoms with E-state index < -0.39 is 11.8 Å². The van der Waals surface area contributed by atoms with Crippen LogP contribution in [0.2, 0.25) is 0 Å². The molecule has 0 unspecified atom stereocenters. The molecule has 5 heteroatoms. The van der Waals surface area contributed by atoms with Crippen LogP contribution in [-0.4, -0.2) is 15.7 Å². The highest BCUT2D eigenvalue weighted by Gasteiger charge is 2.17. The van der Waals surface area contributed by atoms with Crippen molar-refractivity contribution in [3.63, 3.8) is 0 Å². The van der Waals surface area contributed by atoms with E-state index in [1.165, 1.54) is 12.3 Å². The van der Waals surface area contributed by atoms with Crippen LogP contribution in [0.3, 0.4) is 0 Å². The van der Waals surface area contributed by atoms with Crippen LogP contribution in [0.4, 0.5) is 4.39 Å². The zero-order chi connectivity index (χ0) is 16.2. The number of nitrogens with zero attached hydrogens (tertiary/aromatic N) is 2. The third kappa shape index (κ3) is 3.13. The van der Waals surface area contributed by atoms with Gasteiger partial charge in [0, 0.05) is 5.56 Å². The summed E-state index contributed by atoms with van der Waals surface area (Å²) in [7, 11) is 0. The number of carbonyl (C=O) groups excluding carboxylic acids is 1. The number of hydrogen-bond acceptors (Lipinski definition) is 3. The lowest BCUT2D eigenvalue weighted by Crippen LogP contribution is -2.08. The van der Waals surface area contributed by atoms with E-state index >= 15 is 0 Å². The van der Waals surface area contributed by atoms with Gasteiger partial charge in [0.2, 0.25) is 0 Å². The molecule has 0 bridgehead atoms. The van der Waals surface area contributed by atoms with E-state index in [2.05, 4.69) is 5.10 Å². The normalized spacial score (nSPS) is 10.5. The highest BCUT2D eigenvalue weighted by Crippen LogP contribution is 2.16. The molecule has 0 fully saturated rings. The number of carbonyl (C=O) groups is 1. The monoisotopic (exact) mass is 310 g/mol. The maximum Gasteiger partial charge on any atom is 0.341 e. The number of aromatic nitrogens is 2. The van der Waals surface area contributed by atoms with Gasteiger partial charge < -0.3 is 4.74 Å². The van der Waals surface area contributed by atoms with Gasteiger partial charge in [-0.15, -0.1) is 0 Å². The molecule has 0 saturated heterocycles. The summed E-state index contributed by atoms with van der Waals surface area (Å²) in [4.78, 5) is 12.2. The van der Waals surface area contributed by atoms with E-state index in [9.17, 15) is 9.18 Å². The van der Waals surface area contributed by atoms with E-state index in [4.69, 9.17) is 4.74 Å². The zero-order valence-electron chi connectivity index (χ0n) is 12.6. The van der Waals surface area contributed by atoms with Crippen molar-refractivity contribution in [1.29, 1.82) is 0 Å². The molecule has 1 heterocycles. The van der Waals surface area contributed by atoms with Crippen molar-refractivity contribution in [2.24, 2.45) is 0 Å². The Morgan fingerprint density at radius 2 is 1.83 bits per heavy atom. The molecule has 0 amide bonds. The van der Waals surface area contributed by atoms with Crippen LogP contribution in [0.25, 0.3) is 5.69 Å². The van der Waals surface area contributed by atoms with Crippen LogP contribution in [0.5, 0.6) is 0 Å². The maximum atomic E-state index is 13.5. The second-order valence-electron chi connectivity index (χ2n) is 5.06. The molecule has 116 valence electrons. The summed E-state index contributed by atoms with van der Waals surface area (Å²) in [6, 6.07) is 15.7. The first-order valence-corrected chi connectivity index (χ1v) is 7.17. The van der Waals surface area contributed by atoms with E-state index in [1.54, 1.807) is 29.8 Å². The Morgan fingerprint density at radius 3 is 2.57 bits per heavy atom. The number of para-hydroxylation sites is 1. The molecule has 0 radical (unpaired) electrons. The van der Waals surface area contributed by atoms with Crippen molar-refractivity contribution < 1.29 is 13.9 Å². The van der Waals surface area contributed by atoms with Crippen molar-refractivity contribution in [1.82, 2.24) is 9.78 Å². The van der Waals surface area contributed by atoms with Gasteiger partial charge in [0.15, 0.2) is 0 Å². The van der Waals surface area contributed by atoms with Gasteiger partial charge in [0.05, 0.1) is 17.6 Å². The molecule has 23 heavy (non-hydrogen) atoms. The number of ether oxygens (including phenoxy) is 1. The van der Waals surface area contributed by atoms with Gasteiger partial charge in [-0.25, -0.2) is 13.9 Å². The third-order valence-electron chi connectivity index (χ3n) is 3.55. The van der Waals surface area contributed by atoms with Gasteiger partial charge in [0.1, 0.15) is 18.0 Å². The third-order valence-corrected chi connectivity index (χ3v) is 3.55. The molecule has 0 aliphatic rings. The Morgan fingerprint density at radius 1 is 1.13 bits per heavy atom. The summed E-state index contributed by atoms with van der Waals surface area (Å²) < 4.78 is 20.4. The second-order valence-corrected chi connectivity index (χ2v) is 5.06. The van der Waals surface area contributed by atoms with Gasteiger partial charge in [-0.05, 0) is 25.1 Å². The zero-order valence-corrected chi connectivity index (χ0v) is 12.6. The van der Waals surface area contributed by atoms with Crippen LogP contribution in [-0.2, 0) is 11.3 Å². The minimum atomic E-state index is -0.520. The lowest BCUT2D eigenvalue weighted by atomic mass is 10.2. The minimum Gasteiger partial charge on any atom is -0.457 e. The topological polar surface area (TPSA) is 44.1 Å². The van der Waals surface area contributed by atoms with Crippen molar-refractivity contribution in [3.05, 3.63) is 83.4 Å². The molecule has 0 aliphatic heterocycles. The average molecular weight is 310 g/mol. The number of esters is 1. The van der Waals surface area contributed by atoms with Crippen LogP contribution in [0.15, 0.2) is 60.8 Å². The molecule has 0 atom stereocenters. The Bertz CT molecular complexity index is 828. The predicted molar refractivity (Wildman–Crippen MR) is 83.8 cm³/mol. The lowest BCUT2D eigenvalue weighted by Gasteiger charge is -2.07. The van der Waals surface area contributed by atoms with E-state index in [-0.39, 0.29) is 6.61 Å². The highest BCUT2D eigenvalue weighted by molar-refractivity contribution is 5.90. The average Bonchev–Trinajstić information content (AvgIpc) is 2.96. The van der Waals surface area contributed by atoms with Gasteiger partial charge in [-0.2, -0.15) is 5.10 Å². The summed E-state index contributed by atoms with van der Waals surface area (Å²) in [6.07, 6.45) is 1.46. The van der Waals surface area contributed by atoms with Gasteiger partial charge in [-0.3, -0.25) is 0 Å². The smallest absolute Gasteiger partial charge is 0.341 e. The van der Waals surface area contributed by atoms with Crippen LogP contribution >= 0.6 is 0 Å². The molecular formula is C18H15FN2O2. The maximum absolute atomic E-state index is 13.5. The Balaban J connectivity index is 1.76. The van der Waals surface area contributed by atoms with Crippen molar-refractivity contribution >= 4 is 5.97 Å². The Labute approximate surface area is 133 Å². The van der Waals surface area contributed by atoms with Crippen LogP contribution < -0.4 is 0 Å². The summed E-state index contributed by atoms with van der Waals surface area (Å²) in [6.45, 7) is 1.68. The van der Waals surface area contributed by atoms with Crippen molar-refractivity contribution in [2.75, 3.05) is 0 Å². The summed E-state index contributed by atoms with van der Waals surface area (Å²) in [5.74, 6) is -0.912. The van der Waals surface area contributed by atoms with Gasteiger partial charge >= 0.3 is 5.97 Å². The highest BCUT2D eigenvalue weighted by atomic mass is 19.1. The molecule has 2 aromatic carbocycles. The Hall–Kier alpha value is -2.95. The van der Waals surface area contributed by atoms with E-state index in [0.29, 0.717) is 16.8 Å². The molecule has 0 spiro atoms. The largest absolute Gasteiger partial charge is 0.457 e. The summed E-state index contributed by atoms with van der Waals surface area (Å²) in [5, 5.41) is 4.22. The van der Waals surface area contributed by atoms with Gasteiger partial charge in [-0.1, -0.05) is 36.4 Å². The summed E-state index contributed by atoms with van der Waals surface area (Å²) in [5.41, 5.74) is 2.24. The lowest BCUT2D eigenvalue weighted by molar-refractivity contribution is 0.0468. The fourth-order valence-corrected chi connectivity index (χ4v) is 2.28. The van der Waals surface area contributed by atoms with Crippen molar-refractivity contribution in [3.8, 4) is 5.69 Å². The molecular weight excluding hydrogens is 295 g/mol. The number of hydrogen-bond donors (Lipinski definition) is 0. The number of rotatable bonds is 4. The van der Waals surface area contributed by atoms with Crippen molar-refractivity contribution in [2.45, 2.75) is 13.5 Å². The molecule has 0 N–H and O–H groups in total. The van der Waals surface area contributed by atoms with E-state index in [1.807, 2.05) is 30.3 Å². The molecule has 0 aliphatic carbocycles. The first kappa shape index (κ1) is 15.0. The molecule has 0 saturated carbocycles. The standard InChI is InChI=1S/C18H15FN2O2/c1-13-16(11-20-21(13)15-8-3-2-4-9-15)18(22)23-12-14-7-5-6-10-17(14)19/h2-11H,12H2,1H3. The fraction of sp³-hybridized carbons (Fsp3) is 0.111. The minimum absolute atomic E-state index is 0.110. The second kappa shape index (κ2) is 6.44. The van der Waals surface area contributed by atoms with Crippen LogP contribution in [0.1, 0.15) is 21.6 Å². The fourth-order valence-electron chi connectivity index (χ4n) is 2.28. The first-order chi connectivity index (χ1) is 11.2. The van der Waals surface area contributed by atoms with Gasteiger partial charge in [0.25, 0.3) is 0 Å². The molecule has 3 aromatic rings. The SMILES string of the molecule is Cc1c(C(=O)OCc2ccccc2F)cnn1-c1ccccc1. The van der Waals surface area contributed by atoms with Crippen LogP contribution in [0, 0.1) is 12.7 Å².